The van der Waals surface area contributed by atoms with Crippen molar-refractivity contribution in [3.05, 3.63) is 0 Å². The normalized spacial score (nSPS) is 23.1. The molecule has 1 aliphatic rings. The minimum Gasteiger partial charge on any atom is -0.391 e. The summed E-state index contributed by atoms with van der Waals surface area (Å²) < 4.78 is 22.9. The van der Waals surface area contributed by atoms with Crippen LogP contribution >= 0.6 is 7.82 Å². The van der Waals surface area contributed by atoms with Gasteiger partial charge < -0.3 is 40.8 Å². The van der Waals surface area contributed by atoms with Crippen LogP contribution in [0.5, 0.6) is 0 Å². The van der Waals surface area contributed by atoms with Crippen molar-refractivity contribution in [2.24, 2.45) is 0 Å². The van der Waals surface area contributed by atoms with Gasteiger partial charge in [0.1, 0.15) is 36.6 Å². The summed E-state index contributed by atoms with van der Waals surface area (Å²) in [5.41, 5.74) is 0. The zero-order chi connectivity index (χ0) is 42.9. The Morgan fingerprint density at radius 2 is 0.828 bits per heavy atom. The molecule has 0 aromatic rings. The monoisotopic (exact) mass is 852 g/mol. The number of aliphatic hydroxyl groups excluding tert-OH is 6. The molecule has 0 saturated heterocycles. The van der Waals surface area contributed by atoms with Gasteiger partial charge in [-0.15, -0.1) is 0 Å². The van der Waals surface area contributed by atoms with Crippen molar-refractivity contribution in [2.45, 2.75) is 275 Å². The Balaban J connectivity index is 2.33. The highest BCUT2D eigenvalue weighted by molar-refractivity contribution is 7.47. The lowest BCUT2D eigenvalue weighted by atomic mass is 9.85. The minimum atomic E-state index is -5.04. The lowest BCUT2D eigenvalue weighted by Gasteiger charge is -2.41. The largest absolute Gasteiger partial charge is 0.472 e. The first-order chi connectivity index (χ1) is 27.9. The second-order valence-corrected chi connectivity index (χ2v) is 18.7. The highest BCUT2D eigenvalue weighted by atomic mass is 31.2. The molecule has 1 aliphatic carbocycles. The fraction of sp³-hybridized carbons (Fsp3) is 0.978. The van der Waals surface area contributed by atoms with Crippen LogP contribution in [0.2, 0.25) is 0 Å². The van der Waals surface area contributed by atoms with Crippen LogP contribution in [0, 0.1) is 0 Å². The Morgan fingerprint density at radius 3 is 1.19 bits per heavy atom. The van der Waals surface area contributed by atoms with Gasteiger partial charge in [-0.3, -0.25) is 13.8 Å². The second-order valence-electron chi connectivity index (χ2n) is 17.3. The number of aliphatic hydroxyl groups is 6. The smallest absolute Gasteiger partial charge is 0.391 e. The first-order valence-corrected chi connectivity index (χ1v) is 25.5. The summed E-state index contributed by atoms with van der Waals surface area (Å²) in [7, 11) is -5.04. The van der Waals surface area contributed by atoms with Gasteiger partial charge in [0, 0.05) is 6.42 Å². The molecule has 1 fully saturated rings. The molecule has 8 N–H and O–H groups in total. The predicted molar refractivity (Wildman–Crippen MR) is 232 cm³/mol. The molecule has 1 saturated carbocycles. The van der Waals surface area contributed by atoms with Gasteiger partial charge in [0.2, 0.25) is 5.91 Å². The standard InChI is InChI=1S/C45H90NO11P/c1-3-5-7-9-11-13-14-15-16-17-18-19-20-21-22-23-24-25-27-29-31-33-35-39(48)46-37(38(47)34-32-30-28-26-12-10-8-6-4-2)36-56-58(54,55)57-45-43(52)41(50)40(49)42(51)44(45)53/h37-38,40-45,47,49-53H,3-36H2,1-2H3,(H,46,48)(H,54,55)/t37-,38+,40?,41+,42?,43?,44?,45?/m0/s1. The van der Waals surface area contributed by atoms with E-state index < -0.39 is 63.2 Å². The number of phosphoric ester groups is 1. The first kappa shape index (κ1) is 55.4. The van der Waals surface area contributed by atoms with Gasteiger partial charge in [-0.1, -0.05) is 206 Å². The van der Waals surface area contributed by atoms with Crippen LogP contribution in [0.25, 0.3) is 0 Å². The summed E-state index contributed by atoms with van der Waals surface area (Å²) in [5.74, 6) is -0.306. The number of hydrogen-bond donors (Lipinski definition) is 8. The molecule has 0 aromatic heterocycles. The third-order valence-electron chi connectivity index (χ3n) is 11.9. The van der Waals surface area contributed by atoms with Crippen LogP contribution < -0.4 is 5.32 Å². The van der Waals surface area contributed by atoms with Crippen LogP contribution in [0.15, 0.2) is 0 Å². The highest BCUT2D eigenvalue weighted by Crippen LogP contribution is 2.47. The van der Waals surface area contributed by atoms with Crippen LogP contribution in [-0.4, -0.2) is 96.8 Å². The number of phosphoric acid groups is 1. The molecule has 9 atom stereocenters. The molecule has 1 rings (SSSR count). The van der Waals surface area contributed by atoms with Gasteiger partial charge >= 0.3 is 7.82 Å². The van der Waals surface area contributed by atoms with E-state index in [1.807, 2.05) is 0 Å². The summed E-state index contributed by atoms with van der Waals surface area (Å²) in [6, 6.07) is -1.02. The van der Waals surface area contributed by atoms with Crippen LogP contribution in [0.4, 0.5) is 0 Å². The zero-order valence-electron chi connectivity index (χ0n) is 36.9. The van der Waals surface area contributed by atoms with E-state index in [9.17, 15) is 44.9 Å². The molecule has 0 heterocycles. The molecule has 0 aliphatic heterocycles. The second kappa shape index (κ2) is 35.9. The van der Waals surface area contributed by atoms with Gasteiger partial charge in [-0.05, 0) is 12.8 Å². The molecule has 58 heavy (non-hydrogen) atoms. The SMILES string of the molecule is CCCCCCCCCCCCCCCCCCCCCCCCC(=O)N[C@@H](COP(=O)(O)OC1C(O)C(O)C(O)[C@@H](O)C1O)[C@H](O)CCCCCCCCCCC. The Kier molecular flexibility index (Phi) is 34.3. The third-order valence-corrected chi connectivity index (χ3v) is 12.9. The van der Waals surface area contributed by atoms with Gasteiger partial charge in [-0.25, -0.2) is 4.57 Å². The van der Waals surface area contributed by atoms with Gasteiger partial charge in [-0.2, -0.15) is 0 Å². The molecule has 0 radical (unpaired) electrons. The van der Waals surface area contributed by atoms with E-state index in [-0.39, 0.29) is 12.3 Å². The lowest BCUT2D eigenvalue weighted by Crippen LogP contribution is -2.64. The lowest BCUT2D eigenvalue weighted by molar-refractivity contribution is -0.220. The molecule has 0 bridgehead atoms. The van der Waals surface area contributed by atoms with Gasteiger partial charge in [0.15, 0.2) is 0 Å². The van der Waals surface area contributed by atoms with Gasteiger partial charge in [0.25, 0.3) is 0 Å². The molecule has 13 heteroatoms. The number of nitrogens with one attached hydrogen (secondary N) is 1. The quantitative estimate of drug-likeness (QED) is 0.0216. The minimum absolute atomic E-state index is 0.242. The molecular formula is C45H90NO11P. The fourth-order valence-corrected chi connectivity index (χ4v) is 8.93. The average Bonchev–Trinajstić information content (AvgIpc) is 3.20. The maximum absolute atomic E-state index is 12.9. The van der Waals surface area contributed by atoms with Crippen molar-refractivity contribution >= 4 is 13.7 Å². The van der Waals surface area contributed by atoms with E-state index in [0.29, 0.717) is 19.3 Å². The van der Waals surface area contributed by atoms with Crippen molar-refractivity contribution < 1.29 is 53.9 Å². The van der Waals surface area contributed by atoms with E-state index >= 15 is 0 Å². The third kappa shape index (κ3) is 27.3. The number of amides is 1. The Labute approximate surface area is 353 Å². The van der Waals surface area contributed by atoms with E-state index in [2.05, 4.69) is 19.2 Å². The van der Waals surface area contributed by atoms with Crippen molar-refractivity contribution in [3.8, 4) is 0 Å². The number of carbonyl (C=O) groups excluding carboxylic acids is 1. The summed E-state index contributed by atoms with van der Waals surface area (Å²) in [5, 5.41) is 64.0. The molecule has 0 spiro atoms. The maximum atomic E-state index is 12.9. The summed E-state index contributed by atoms with van der Waals surface area (Å²) in [6.45, 7) is 3.87. The van der Waals surface area contributed by atoms with Crippen LogP contribution in [0.1, 0.15) is 226 Å². The van der Waals surface area contributed by atoms with Crippen molar-refractivity contribution in [1.82, 2.24) is 5.32 Å². The summed E-state index contributed by atoms with van der Waals surface area (Å²) in [4.78, 5) is 23.4. The molecular weight excluding hydrogens is 761 g/mol. The number of rotatable bonds is 40. The summed E-state index contributed by atoms with van der Waals surface area (Å²) in [6.07, 6.45) is 25.9. The Bertz CT molecular complexity index is 994. The Hall–Kier alpha value is -0.660. The van der Waals surface area contributed by atoms with Crippen molar-refractivity contribution in [3.63, 3.8) is 0 Å². The maximum Gasteiger partial charge on any atom is 0.472 e. The summed E-state index contributed by atoms with van der Waals surface area (Å²) >= 11 is 0. The molecule has 0 aromatic carbocycles. The van der Waals surface area contributed by atoms with Crippen molar-refractivity contribution in [1.29, 1.82) is 0 Å². The average molecular weight is 852 g/mol. The fourth-order valence-electron chi connectivity index (χ4n) is 7.97. The van der Waals surface area contributed by atoms with E-state index in [4.69, 9.17) is 9.05 Å². The van der Waals surface area contributed by atoms with Crippen LogP contribution in [-0.2, 0) is 18.4 Å². The van der Waals surface area contributed by atoms with E-state index in [1.54, 1.807) is 0 Å². The Morgan fingerprint density at radius 1 is 0.517 bits per heavy atom. The van der Waals surface area contributed by atoms with Gasteiger partial charge in [0.05, 0.1) is 18.8 Å². The van der Waals surface area contributed by atoms with Crippen LogP contribution in [0.3, 0.4) is 0 Å². The number of carbonyl (C=O) groups is 1. The first-order valence-electron chi connectivity index (χ1n) is 24.0. The van der Waals surface area contributed by atoms with Crippen molar-refractivity contribution in [2.75, 3.05) is 6.61 Å². The van der Waals surface area contributed by atoms with E-state index in [0.717, 1.165) is 38.5 Å². The zero-order valence-corrected chi connectivity index (χ0v) is 37.8. The predicted octanol–water partition coefficient (Wildman–Crippen LogP) is 9.07. The molecule has 346 valence electrons. The molecule has 1 amide bonds. The van der Waals surface area contributed by atoms with E-state index in [1.165, 1.54) is 148 Å². The number of unbranched alkanes of at least 4 members (excludes halogenated alkanes) is 29. The highest BCUT2D eigenvalue weighted by Gasteiger charge is 2.51. The molecule has 12 nitrogen and oxygen atoms in total. The topological polar surface area (TPSA) is 206 Å². The number of hydrogen-bond acceptors (Lipinski definition) is 10. The molecule has 6 unspecified atom stereocenters.